The maximum Gasteiger partial charge on any atom is 0.338 e. The molecule has 0 aromatic heterocycles. The number of hydrogen-bond acceptors (Lipinski definition) is 5. The SMILES string of the molecule is COC(=O)c1cc(Cl)c(CCC(=O)Nc2ccc(Cl)cc2)c([N+](=O)[O-])c1. The smallest absolute Gasteiger partial charge is 0.338 e. The summed E-state index contributed by atoms with van der Waals surface area (Å²) in [6.07, 6.45) is 0.0107. The lowest BCUT2D eigenvalue weighted by Crippen LogP contribution is -2.13. The third-order valence-electron chi connectivity index (χ3n) is 3.52. The average Bonchev–Trinajstić information content (AvgIpc) is 2.61. The first kappa shape index (κ1) is 19.7. The Morgan fingerprint density at radius 1 is 1.19 bits per heavy atom. The molecule has 0 unspecified atom stereocenters. The minimum Gasteiger partial charge on any atom is -0.465 e. The van der Waals surface area contributed by atoms with Crippen LogP contribution in [0.15, 0.2) is 36.4 Å². The van der Waals surface area contributed by atoms with Crippen LogP contribution in [0.1, 0.15) is 22.3 Å². The lowest BCUT2D eigenvalue weighted by Gasteiger charge is -2.09. The van der Waals surface area contributed by atoms with Crippen molar-refractivity contribution in [2.24, 2.45) is 0 Å². The Morgan fingerprint density at radius 2 is 1.85 bits per heavy atom. The predicted molar refractivity (Wildman–Crippen MR) is 97.8 cm³/mol. The molecule has 7 nitrogen and oxygen atoms in total. The molecule has 1 amide bonds. The molecular weight excluding hydrogens is 383 g/mol. The number of amides is 1. The van der Waals surface area contributed by atoms with E-state index in [-0.39, 0.29) is 40.6 Å². The third-order valence-corrected chi connectivity index (χ3v) is 4.11. The highest BCUT2D eigenvalue weighted by Gasteiger charge is 2.22. The molecule has 1 N–H and O–H groups in total. The number of nitrogens with zero attached hydrogens (tertiary/aromatic N) is 1. The molecule has 0 spiro atoms. The molecule has 0 aliphatic rings. The van der Waals surface area contributed by atoms with Gasteiger partial charge >= 0.3 is 5.97 Å². The monoisotopic (exact) mass is 396 g/mol. The number of carbonyl (C=O) groups excluding carboxylic acids is 2. The number of hydrogen-bond donors (Lipinski definition) is 1. The molecule has 0 bridgehead atoms. The molecule has 9 heteroatoms. The first-order valence-corrected chi connectivity index (χ1v) is 8.18. The molecule has 0 radical (unpaired) electrons. The maximum absolute atomic E-state index is 12.1. The zero-order valence-corrected chi connectivity index (χ0v) is 15.1. The second-order valence-electron chi connectivity index (χ2n) is 5.26. The summed E-state index contributed by atoms with van der Waals surface area (Å²) in [6.45, 7) is 0. The number of halogens is 2. The Morgan fingerprint density at radius 3 is 2.42 bits per heavy atom. The lowest BCUT2D eigenvalue weighted by molar-refractivity contribution is -0.385. The number of esters is 1. The van der Waals surface area contributed by atoms with E-state index in [1.54, 1.807) is 24.3 Å². The topological polar surface area (TPSA) is 98.5 Å². The lowest BCUT2D eigenvalue weighted by atomic mass is 10.0. The fourth-order valence-electron chi connectivity index (χ4n) is 2.26. The van der Waals surface area contributed by atoms with E-state index in [0.29, 0.717) is 10.7 Å². The van der Waals surface area contributed by atoms with Crippen molar-refractivity contribution in [3.8, 4) is 0 Å². The van der Waals surface area contributed by atoms with Crippen molar-refractivity contribution in [1.29, 1.82) is 0 Å². The van der Waals surface area contributed by atoms with Gasteiger partial charge in [0.05, 0.1) is 22.6 Å². The van der Waals surface area contributed by atoms with Crippen LogP contribution >= 0.6 is 23.2 Å². The molecule has 0 atom stereocenters. The van der Waals surface area contributed by atoms with Gasteiger partial charge in [0.1, 0.15) is 0 Å². The maximum atomic E-state index is 12.1. The first-order chi connectivity index (χ1) is 12.3. The number of benzene rings is 2. The third kappa shape index (κ3) is 4.93. The van der Waals surface area contributed by atoms with Crippen molar-refractivity contribution in [1.82, 2.24) is 0 Å². The van der Waals surface area contributed by atoms with Crippen LogP contribution in [-0.4, -0.2) is 23.9 Å². The van der Waals surface area contributed by atoms with Gasteiger partial charge in [0.15, 0.2) is 0 Å². The second kappa shape index (κ2) is 8.64. The Hall–Kier alpha value is -2.64. The minimum absolute atomic E-state index is 0.0268. The molecule has 26 heavy (non-hydrogen) atoms. The molecule has 2 rings (SSSR count). The highest BCUT2D eigenvalue weighted by Crippen LogP contribution is 2.30. The highest BCUT2D eigenvalue weighted by molar-refractivity contribution is 6.32. The van der Waals surface area contributed by atoms with E-state index in [9.17, 15) is 19.7 Å². The van der Waals surface area contributed by atoms with Gasteiger partial charge in [-0.25, -0.2) is 4.79 Å². The predicted octanol–water partition coefficient (Wildman–Crippen LogP) is 4.26. The summed E-state index contributed by atoms with van der Waals surface area (Å²) in [5.41, 5.74) is 0.368. The summed E-state index contributed by atoms with van der Waals surface area (Å²) in [5, 5.41) is 14.5. The standard InChI is InChI=1S/C17H14Cl2N2O5/c1-26-17(23)10-8-14(19)13(15(9-10)21(24)25)6-7-16(22)20-12-4-2-11(18)3-5-12/h2-5,8-9H,6-7H2,1H3,(H,20,22). The summed E-state index contributed by atoms with van der Waals surface area (Å²) in [5.74, 6) is -1.07. The van der Waals surface area contributed by atoms with Gasteiger partial charge in [0.2, 0.25) is 5.91 Å². The van der Waals surface area contributed by atoms with Gasteiger partial charge < -0.3 is 10.1 Å². The molecule has 0 saturated heterocycles. The number of carbonyl (C=O) groups is 2. The van der Waals surface area contributed by atoms with E-state index >= 15 is 0 Å². The minimum atomic E-state index is -0.734. The van der Waals surface area contributed by atoms with Gasteiger partial charge in [-0.3, -0.25) is 14.9 Å². The number of anilines is 1. The zero-order valence-electron chi connectivity index (χ0n) is 13.6. The van der Waals surface area contributed by atoms with Crippen molar-refractivity contribution in [3.05, 3.63) is 67.7 Å². The molecule has 0 saturated carbocycles. The molecule has 2 aromatic rings. The number of methoxy groups -OCH3 is 1. The Bertz CT molecular complexity index is 853. The fraction of sp³-hybridized carbons (Fsp3) is 0.176. The van der Waals surface area contributed by atoms with E-state index in [2.05, 4.69) is 10.1 Å². The average molecular weight is 397 g/mol. The summed E-state index contributed by atoms with van der Waals surface area (Å²) in [6, 6.07) is 8.91. The molecule has 0 heterocycles. The summed E-state index contributed by atoms with van der Waals surface area (Å²) in [4.78, 5) is 34.3. The van der Waals surface area contributed by atoms with E-state index in [4.69, 9.17) is 23.2 Å². The molecule has 2 aromatic carbocycles. The number of nitrogens with one attached hydrogen (secondary N) is 1. The van der Waals surface area contributed by atoms with Crippen molar-refractivity contribution in [2.45, 2.75) is 12.8 Å². The molecule has 0 aliphatic carbocycles. The van der Waals surface area contributed by atoms with Crippen LogP contribution in [0.3, 0.4) is 0 Å². The van der Waals surface area contributed by atoms with Gasteiger partial charge in [-0.1, -0.05) is 23.2 Å². The van der Waals surface area contributed by atoms with E-state index in [1.165, 1.54) is 6.07 Å². The van der Waals surface area contributed by atoms with Gasteiger partial charge in [-0.15, -0.1) is 0 Å². The van der Waals surface area contributed by atoms with Gasteiger partial charge in [0.25, 0.3) is 5.69 Å². The zero-order chi connectivity index (χ0) is 19.3. The van der Waals surface area contributed by atoms with Crippen molar-refractivity contribution in [3.63, 3.8) is 0 Å². The van der Waals surface area contributed by atoms with Crippen LogP contribution in [0, 0.1) is 10.1 Å². The molecular formula is C17H14Cl2N2O5. The number of nitro benzene ring substituents is 1. The van der Waals surface area contributed by atoms with Gasteiger partial charge in [-0.05, 0) is 36.8 Å². The van der Waals surface area contributed by atoms with E-state index in [0.717, 1.165) is 13.2 Å². The van der Waals surface area contributed by atoms with Crippen LogP contribution in [0.4, 0.5) is 11.4 Å². The second-order valence-corrected chi connectivity index (χ2v) is 6.10. The highest BCUT2D eigenvalue weighted by atomic mass is 35.5. The Balaban J connectivity index is 2.15. The number of ether oxygens (including phenoxy) is 1. The van der Waals surface area contributed by atoms with E-state index < -0.39 is 10.9 Å². The number of rotatable bonds is 6. The molecule has 0 aliphatic heterocycles. The van der Waals surface area contributed by atoms with Crippen LogP contribution in [0.25, 0.3) is 0 Å². The largest absolute Gasteiger partial charge is 0.465 e. The normalized spacial score (nSPS) is 10.3. The van der Waals surface area contributed by atoms with Gasteiger partial charge in [0, 0.05) is 28.8 Å². The Kier molecular flexibility index (Phi) is 6.54. The van der Waals surface area contributed by atoms with Crippen molar-refractivity contribution < 1.29 is 19.2 Å². The number of nitro groups is 1. The van der Waals surface area contributed by atoms with Crippen molar-refractivity contribution >= 4 is 46.5 Å². The summed E-state index contributed by atoms with van der Waals surface area (Å²) >= 11 is 11.9. The fourth-order valence-corrected chi connectivity index (χ4v) is 2.70. The first-order valence-electron chi connectivity index (χ1n) is 7.42. The van der Waals surface area contributed by atoms with E-state index in [1.807, 2.05) is 0 Å². The van der Waals surface area contributed by atoms with Crippen molar-refractivity contribution in [2.75, 3.05) is 12.4 Å². The van der Waals surface area contributed by atoms with Gasteiger partial charge in [-0.2, -0.15) is 0 Å². The van der Waals surface area contributed by atoms with Crippen LogP contribution < -0.4 is 5.32 Å². The summed E-state index contributed by atoms with van der Waals surface area (Å²) < 4.78 is 4.55. The van der Waals surface area contributed by atoms with Crippen LogP contribution in [0.2, 0.25) is 10.0 Å². The summed E-state index contributed by atoms with van der Waals surface area (Å²) in [7, 11) is 1.16. The molecule has 0 fully saturated rings. The van der Waals surface area contributed by atoms with Crippen LogP contribution in [0.5, 0.6) is 0 Å². The van der Waals surface area contributed by atoms with Crippen LogP contribution in [-0.2, 0) is 16.0 Å². The quantitative estimate of drug-likeness (QED) is 0.446. The Labute approximate surface area is 159 Å². The molecule has 136 valence electrons.